The summed E-state index contributed by atoms with van der Waals surface area (Å²) in [5, 5.41) is 0.630. The van der Waals surface area contributed by atoms with Crippen molar-refractivity contribution in [1.29, 1.82) is 0 Å². The van der Waals surface area contributed by atoms with E-state index in [-0.39, 0.29) is 22.3 Å². The first kappa shape index (κ1) is 25.5. The number of hydrogen-bond acceptors (Lipinski definition) is 4. The Morgan fingerprint density at radius 1 is 0.900 bits per heavy atom. The van der Waals surface area contributed by atoms with E-state index in [4.69, 9.17) is 13.6 Å². The van der Waals surface area contributed by atoms with Crippen LogP contribution >= 0.6 is 0 Å². The average molecular weight is 469 g/mol. The van der Waals surface area contributed by atoms with Gasteiger partial charge in [-0.25, -0.2) is 4.21 Å². The Morgan fingerprint density at radius 3 is 1.90 bits per heavy atom. The van der Waals surface area contributed by atoms with E-state index in [0.717, 1.165) is 4.90 Å². The molecule has 7 heteroatoms. The Hall–Kier alpha value is -0.736. The molecule has 1 aromatic carbocycles. The molecule has 0 amide bonds. The van der Waals surface area contributed by atoms with E-state index < -0.39 is 27.4 Å². The predicted molar refractivity (Wildman–Crippen MR) is 131 cm³/mol. The molecule has 0 spiro atoms. The first-order valence-electron chi connectivity index (χ1n) is 10.7. The summed E-state index contributed by atoms with van der Waals surface area (Å²) in [5.74, 6) is 0. The fourth-order valence-corrected chi connectivity index (χ4v) is 6.24. The van der Waals surface area contributed by atoms with Crippen molar-refractivity contribution >= 4 is 27.4 Å². The molecule has 1 aliphatic rings. The van der Waals surface area contributed by atoms with Crippen molar-refractivity contribution < 1.29 is 17.8 Å². The van der Waals surface area contributed by atoms with E-state index in [0.29, 0.717) is 11.7 Å². The third-order valence-corrected chi connectivity index (χ3v) is 17.0. The second-order valence-corrected chi connectivity index (χ2v) is 22.1. The van der Waals surface area contributed by atoms with E-state index in [1.165, 1.54) is 0 Å². The van der Waals surface area contributed by atoms with Crippen molar-refractivity contribution in [3.05, 3.63) is 41.5 Å². The van der Waals surface area contributed by atoms with Crippen LogP contribution in [0.3, 0.4) is 0 Å². The van der Waals surface area contributed by atoms with Gasteiger partial charge in [0.05, 0.1) is 6.10 Å². The van der Waals surface area contributed by atoms with Gasteiger partial charge < -0.3 is 13.6 Å². The van der Waals surface area contributed by atoms with Gasteiger partial charge in [-0.1, -0.05) is 59.7 Å². The van der Waals surface area contributed by atoms with Crippen LogP contribution in [0.2, 0.25) is 36.3 Å². The van der Waals surface area contributed by atoms with Crippen LogP contribution in [0.25, 0.3) is 0 Å². The van der Waals surface area contributed by atoms with Gasteiger partial charge in [-0.2, -0.15) is 0 Å². The minimum atomic E-state index is -2.06. The zero-order chi connectivity index (χ0) is 23.0. The van der Waals surface area contributed by atoms with Crippen LogP contribution in [0.4, 0.5) is 0 Å². The fraction of sp³-hybridized carbons (Fsp3) is 0.652. The summed E-state index contributed by atoms with van der Waals surface area (Å²) in [6.07, 6.45) is 1.44. The van der Waals surface area contributed by atoms with Gasteiger partial charge in [-0.15, -0.1) is 0 Å². The second-order valence-electron chi connectivity index (χ2n) is 11.1. The van der Waals surface area contributed by atoms with Gasteiger partial charge in [0, 0.05) is 4.90 Å². The standard InChI is InChI=1S/C23H40O4SSi2/c1-22(2,3)29(7,8)26-19-16-21(28(24)18-14-12-11-13-15-18)25-17-20(19)27-30(9,10)23(4,5)6/h11-16,19-20H,17H2,1-10H3/t19-,20+,28?/m0/s1. The zero-order valence-electron chi connectivity index (χ0n) is 20.4. The van der Waals surface area contributed by atoms with Crippen molar-refractivity contribution in [3.8, 4) is 0 Å². The molecule has 170 valence electrons. The second kappa shape index (κ2) is 9.02. The lowest BCUT2D eigenvalue weighted by Gasteiger charge is -2.45. The number of rotatable bonds is 6. The van der Waals surface area contributed by atoms with E-state index in [2.05, 4.69) is 67.7 Å². The molecular weight excluding hydrogens is 428 g/mol. The van der Waals surface area contributed by atoms with Crippen molar-refractivity contribution in [2.75, 3.05) is 6.61 Å². The van der Waals surface area contributed by atoms with Gasteiger partial charge in [-0.05, 0) is 54.5 Å². The molecule has 0 saturated heterocycles. The molecule has 1 aliphatic heterocycles. The molecular formula is C23H40O4SSi2. The summed E-state index contributed by atoms with van der Waals surface area (Å²) in [5.41, 5.74) is 0. The van der Waals surface area contributed by atoms with Crippen molar-refractivity contribution in [2.24, 2.45) is 0 Å². The Labute approximate surface area is 188 Å². The summed E-state index contributed by atoms with van der Waals surface area (Å²) in [4.78, 5) is 0.735. The monoisotopic (exact) mass is 468 g/mol. The van der Waals surface area contributed by atoms with Gasteiger partial charge in [0.15, 0.2) is 21.7 Å². The predicted octanol–water partition coefficient (Wildman–Crippen LogP) is 6.45. The molecule has 0 radical (unpaired) electrons. The minimum absolute atomic E-state index is 0.0689. The lowest BCUT2D eigenvalue weighted by Crippen LogP contribution is -2.53. The lowest BCUT2D eigenvalue weighted by molar-refractivity contribution is -0.00105. The van der Waals surface area contributed by atoms with Crippen LogP contribution in [-0.2, 0) is 24.4 Å². The maximum Gasteiger partial charge on any atom is 0.193 e. The highest BCUT2D eigenvalue weighted by molar-refractivity contribution is 7.88. The molecule has 2 rings (SSSR count). The summed E-state index contributed by atoms with van der Waals surface area (Å²) >= 11 is 0. The van der Waals surface area contributed by atoms with Crippen LogP contribution in [0.1, 0.15) is 41.5 Å². The molecule has 0 N–H and O–H groups in total. The SMILES string of the molecule is CC(C)(C)[Si](C)(C)O[C@H]1C=C(S(=O)c2ccccc2)OC[C@H]1O[Si](C)(C)C(C)(C)C. The third kappa shape index (κ3) is 5.94. The zero-order valence-corrected chi connectivity index (χ0v) is 23.2. The maximum absolute atomic E-state index is 13.1. The third-order valence-electron chi connectivity index (χ3n) is 6.69. The highest BCUT2D eigenvalue weighted by Crippen LogP contribution is 2.41. The quantitative estimate of drug-likeness (QED) is 0.450. The molecule has 1 unspecified atom stereocenters. The number of hydrogen-bond donors (Lipinski definition) is 0. The van der Waals surface area contributed by atoms with Gasteiger partial charge in [0.2, 0.25) is 0 Å². The molecule has 4 nitrogen and oxygen atoms in total. The summed E-state index contributed by atoms with van der Waals surface area (Å²) < 4.78 is 32.6. The summed E-state index contributed by atoms with van der Waals surface area (Å²) in [6, 6.07) is 9.43. The normalized spacial score (nSPS) is 22.3. The van der Waals surface area contributed by atoms with Crippen LogP contribution in [0.5, 0.6) is 0 Å². The first-order valence-corrected chi connectivity index (χ1v) is 17.7. The van der Waals surface area contributed by atoms with Gasteiger partial charge >= 0.3 is 0 Å². The Kier molecular flexibility index (Phi) is 7.67. The molecule has 1 aromatic rings. The van der Waals surface area contributed by atoms with Crippen molar-refractivity contribution in [1.82, 2.24) is 0 Å². The van der Waals surface area contributed by atoms with E-state index in [1.54, 1.807) is 0 Å². The first-order chi connectivity index (χ1) is 13.6. The molecule has 0 bridgehead atoms. The summed E-state index contributed by atoms with van der Waals surface area (Å²) in [6.45, 7) is 22.7. The van der Waals surface area contributed by atoms with Gasteiger partial charge in [-0.3, -0.25) is 0 Å². The topological polar surface area (TPSA) is 44.8 Å². The van der Waals surface area contributed by atoms with Crippen LogP contribution < -0.4 is 0 Å². The minimum Gasteiger partial charge on any atom is -0.482 e. The molecule has 30 heavy (non-hydrogen) atoms. The Bertz CT molecular complexity index is 777. The molecule has 0 fully saturated rings. The molecule has 0 aliphatic carbocycles. The van der Waals surface area contributed by atoms with Crippen LogP contribution in [0, 0.1) is 0 Å². The average Bonchev–Trinajstić information content (AvgIpc) is 2.61. The fourth-order valence-electron chi connectivity index (χ4n) is 2.61. The largest absolute Gasteiger partial charge is 0.482 e. The van der Waals surface area contributed by atoms with Crippen molar-refractivity contribution in [2.45, 2.75) is 94.9 Å². The molecule has 3 atom stereocenters. The van der Waals surface area contributed by atoms with E-state index in [1.807, 2.05) is 36.4 Å². The highest BCUT2D eigenvalue weighted by atomic mass is 32.2. The molecule has 0 saturated carbocycles. The Morgan fingerprint density at radius 2 is 1.40 bits per heavy atom. The van der Waals surface area contributed by atoms with Gasteiger partial charge in [0.25, 0.3) is 0 Å². The van der Waals surface area contributed by atoms with Crippen LogP contribution in [0.15, 0.2) is 46.4 Å². The van der Waals surface area contributed by atoms with E-state index in [9.17, 15) is 4.21 Å². The Balaban J connectivity index is 2.37. The molecule has 1 heterocycles. The summed E-state index contributed by atoms with van der Waals surface area (Å²) in [7, 11) is -5.45. The maximum atomic E-state index is 13.1. The number of benzene rings is 1. The number of ether oxygens (including phenoxy) is 1. The van der Waals surface area contributed by atoms with Crippen LogP contribution in [-0.4, -0.2) is 39.7 Å². The van der Waals surface area contributed by atoms with E-state index >= 15 is 0 Å². The lowest BCUT2D eigenvalue weighted by atomic mass is 10.2. The van der Waals surface area contributed by atoms with Crippen molar-refractivity contribution in [3.63, 3.8) is 0 Å². The van der Waals surface area contributed by atoms with Gasteiger partial charge in [0.1, 0.15) is 23.5 Å². The highest BCUT2D eigenvalue weighted by Gasteiger charge is 2.46. The smallest absolute Gasteiger partial charge is 0.193 e. The molecule has 0 aromatic heterocycles.